The molecule has 0 spiro atoms. The Hall–Kier alpha value is -1.91. The molecule has 1 saturated heterocycles. The molecule has 5 heteroatoms. The van der Waals surface area contributed by atoms with Crippen LogP contribution in [-0.2, 0) is 16.0 Å². The normalized spacial score (nSPS) is 15.6. The fourth-order valence-electron chi connectivity index (χ4n) is 2.54. The molecule has 1 aromatic rings. The second-order valence-corrected chi connectivity index (χ2v) is 5.73. The van der Waals surface area contributed by atoms with E-state index in [1.165, 1.54) is 0 Å². The molecule has 0 bridgehead atoms. The quantitative estimate of drug-likeness (QED) is 0.909. The molecule has 1 heterocycles. The molecule has 0 aliphatic carbocycles. The average molecular weight is 306 g/mol. The third kappa shape index (κ3) is 4.83. The van der Waals surface area contributed by atoms with Gasteiger partial charge in [0.2, 0.25) is 11.8 Å². The number of alkyl halides is 1. The van der Waals surface area contributed by atoms with Crippen molar-refractivity contribution in [3.63, 3.8) is 0 Å². The predicted molar refractivity (Wildman–Crippen MR) is 84.4 cm³/mol. The van der Waals surface area contributed by atoms with Crippen molar-refractivity contribution in [3.05, 3.63) is 29.8 Å². The summed E-state index contributed by atoms with van der Waals surface area (Å²) in [6, 6.07) is 7.32. The molecule has 0 atom stereocenters. The number of carbonyl (C=O) groups excluding carboxylic acids is 2. The van der Waals surface area contributed by atoms with Gasteiger partial charge in [0.25, 0.3) is 0 Å². The first-order valence-corrected chi connectivity index (χ1v) is 7.89. The van der Waals surface area contributed by atoms with E-state index in [4.69, 9.17) is 0 Å². The van der Waals surface area contributed by atoms with Gasteiger partial charge in [0.15, 0.2) is 0 Å². The zero-order chi connectivity index (χ0) is 15.9. The average Bonchev–Trinajstić information content (AvgIpc) is 2.50. The van der Waals surface area contributed by atoms with Crippen LogP contribution in [0.5, 0.6) is 0 Å². The van der Waals surface area contributed by atoms with Crippen LogP contribution in [0.2, 0.25) is 0 Å². The number of nitrogens with one attached hydrogen (secondary N) is 1. The predicted octanol–water partition coefficient (Wildman–Crippen LogP) is 2.93. The number of nitrogens with zero attached hydrogens (tertiary/aromatic N) is 1. The molecule has 120 valence electrons. The molecule has 1 N–H and O–H groups in total. The monoisotopic (exact) mass is 306 g/mol. The molecule has 0 aromatic heterocycles. The van der Waals surface area contributed by atoms with E-state index < -0.39 is 6.17 Å². The van der Waals surface area contributed by atoms with E-state index in [1.54, 1.807) is 4.90 Å². The highest BCUT2D eigenvalue weighted by atomic mass is 19.1. The van der Waals surface area contributed by atoms with Gasteiger partial charge in [0, 0.05) is 25.2 Å². The van der Waals surface area contributed by atoms with Crippen LogP contribution in [0, 0.1) is 0 Å². The van der Waals surface area contributed by atoms with Crippen LogP contribution in [0.3, 0.4) is 0 Å². The number of rotatable bonds is 5. The largest absolute Gasteiger partial charge is 0.342 e. The van der Waals surface area contributed by atoms with Gasteiger partial charge in [-0.2, -0.15) is 0 Å². The van der Waals surface area contributed by atoms with Crippen LogP contribution in [-0.4, -0.2) is 36.0 Å². The summed E-state index contributed by atoms with van der Waals surface area (Å²) in [4.78, 5) is 25.4. The smallest absolute Gasteiger partial charge is 0.226 e. The molecule has 1 aromatic carbocycles. The Morgan fingerprint density at radius 3 is 2.45 bits per heavy atom. The molecule has 4 nitrogen and oxygen atoms in total. The van der Waals surface area contributed by atoms with E-state index in [0.29, 0.717) is 38.8 Å². The van der Waals surface area contributed by atoms with E-state index in [0.717, 1.165) is 17.7 Å². The minimum absolute atomic E-state index is 0.000389. The van der Waals surface area contributed by atoms with Crippen LogP contribution in [0.25, 0.3) is 0 Å². The van der Waals surface area contributed by atoms with Crippen LogP contribution < -0.4 is 5.32 Å². The Balaban J connectivity index is 1.85. The van der Waals surface area contributed by atoms with Gasteiger partial charge in [0.05, 0.1) is 6.42 Å². The second kappa shape index (κ2) is 7.92. The SMILES string of the molecule is CCCC(=O)Nc1ccc(CC(=O)N2CCC(F)CC2)cc1. The molecule has 0 radical (unpaired) electrons. The van der Waals surface area contributed by atoms with Gasteiger partial charge < -0.3 is 10.2 Å². The summed E-state index contributed by atoms with van der Waals surface area (Å²) >= 11 is 0. The van der Waals surface area contributed by atoms with Crippen molar-refractivity contribution in [2.75, 3.05) is 18.4 Å². The molecular weight excluding hydrogens is 283 g/mol. The highest BCUT2D eigenvalue weighted by molar-refractivity contribution is 5.90. The van der Waals surface area contributed by atoms with Crippen molar-refractivity contribution in [2.24, 2.45) is 0 Å². The molecule has 1 aliphatic heterocycles. The topological polar surface area (TPSA) is 49.4 Å². The van der Waals surface area contributed by atoms with Gasteiger partial charge in [-0.05, 0) is 37.0 Å². The van der Waals surface area contributed by atoms with Crippen LogP contribution in [0.15, 0.2) is 24.3 Å². The molecular formula is C17H23FN2O2. The Kier molecular flexibility index (Phi) is 5.92. The van der Waals surface area contributed by atoms with Crippen LogP contribution in [0.1, 0.15) is 38.2 Å². The van der Waals surface area contributed by atoms with Gasteiger partial charge in [-0.25, -0.2) is 4.39 Å². The number of anilines is 1. The van der Waals surface area contributed by atoms with E-state index >= 15 is 0 Å². The number of amides is 2. The van der Waals surface area contributed by atoms with Gasteiger partial charge in [-0.15, -0.1) is 0 Å². The zero-order valence-electron chi connectivity index (χ0n) is 13.0. The number of hydrogen-bond acceptors (Lipinski definition) is 2. The van der Waals surface area contributed by atoms with E-state index in [1.807, 2.05) is 31.2 Å². The van der Waals surface area contributed by atoms with Gasteiger partial charge in [-0.1, -0.05) is 19.1 Å². The Morgan fingerprint density at radius 2 is 1.86 bits per heavy atom. The maximum atomic E-state index is 13.1. The maximum Gasteiger partial charge on any atom is 0.226 e. The first kappa shape index (κ1) is 16.5. The lowest BCUT2D eigenvalue weighted by atomic mass is 10.1. The van der Waals surface area contributed by atoms with Crippen molar-refractivity contribution in [1.29, 1.82) is 0 Å². The number of hydrogen-bond donors (Lipinski definition) is 1. The van der Waals surface area contributed by atoms with Gasteiger partial charge in [0.1, 0.15) is 6.17 Å². The summed E-state index contributed by atoms with van der Waals surface area (Å²) in [5.41, 5.74) is 1.65. The summed E-state index contributed by atoms with van der Waals surface area (Å²) in [5.74, 6) is 0.0371. The molecule has 1 fully saturated rings. The minimum atomic E-state index is -0.768. The molecule has 2 amide bonds. The maximum absolute atomic E-state index is 13.1. The Labute approximate surface area is 130 Å². The Bertz CT molecular complexity index is 508. The highest BCUT2D eigenvalue weighted by Crippen LogP contribution is 2.16. The van der Waals surface area contributed by atoms with E-state index in [9.17, 15) is 14.0 Å². The lowest BCUT2D eigenvalue weighted by Crippen LogP contribution is -2.39. The fraction of sp³-hybridized carbons (Fsp3) is 0.529. The third-order valence-electron chi connectivity index (χ3n) is 3.85. The van der Waals surface area contributed by atoms with Crippen molar-refractivity contribution in [1.82, 2.24) is 4.90 Å². The molecule has 0 saturated carbocycles. The lowest BCUT2D eigenvalue weighted by Gasteiger charge is -2.28. The first-order valence-electron chi connectivity index (χ1n) is 7.89. The summed E-state index contributed by atoms with van der Waals surface area (Å²) in [5, 5.41) is 2.82. The Morgan fingerprint density at radius 1 is 1.23 bits per heavy atom. The number of carbonyl (C=O) groups is 2. The van der Waals surface area contributed by atoms with Crippen molar-refractivity contribution in [3.8, 4) is 0 Å². The number of likely N-dealkylation sites (tertiary alicyclic amines) is 1. The number of piperidine rings is 1. The lowest BCUT2D eigenvalue weighted by molar-refractivity contribution is -0.132. The van der Waals surface area contributed by atoms with Crippen molar-refractivity contribution < 1.29 is 14.0 Å². The first-order chi connectivity index (χ1) is 10.6. The molecule has 0 unspecified atom stereocenters. The summed E-state index contributed by atoms with van der Waals surface area (Å²) < 4.78 is 13.1. The number of benzene rings is 1. The third-order valence-corrected chi connectivity index (χ3v) is 3.85. The van der Waals surface area contributed by atoms with Gasteiger partial charge >= 0.3 is 0 Å². The van der Waals surface area contributed by atoms with E-state index in [2.05, 4.69) is 5.32 Å². The van der Waals surface area contributed by atoms with E-state index in [-0.39, 0.29) is 11.8 Å². The fourth-order valence-corrected chi connectivity index (χ4v) is 2.54. The van der Waals surface area contributed by atoms with Crippen molar-refractivity contribution in [2.45, 2.75) is 45.2 Å². The molecule has 22 heavy (non-hydrogen) atoms. The summed E-state index contributed by atoms with van der Waals surface area (Å²) in [6.45, 7) is 2.97. The molecule has 1 aliphatic rings. The zero-order valence-corrected chi connectivity index (χ0v) is 13.0. The second-order valence-electron chi connectivity index (χ2n) is 5.73. The minimum Gasteiger partial charge on any atom is -0.342 e. The highest BCUT2D eigenvalue weighted by Gasteiger charge is 2.22. The number of halogens is 1. The summed E-state index contributed by atoms with van der Waals surface area (Å²) in [6.07, 6.45) is 1.75. The van der Waals surface area contributed by atoms with Crippen LogP contribution >= 0.6 is 0 Å². The molecule has 2 rings (SSSR count). The van der Waals surface area contributed by atoms with Gasteiger partial charge in [-0.3, -0.25) is 9.59 Å². The summed E-state index contributed by atoms with van der Waals surface area (Å²) in [7, 11) is 0. The standard InChI is InChI=1S/C17H23FN2O2/c1-2-3-16(21)19-15-6-4-13(5-7-15)12-17(22)20-10-8-14(18)9-11-20/h4-7,14H,2-3,8-12H2,1H3,(H,19,21). The van der Waals surface area contributed by atoms with Crippen molar-refractivity contribution >= 4 is 17.5 Å². The van der Waals surface area contributed by atoms with Crippen LogP contribution in [0.4, 0.5) is 10.1 Å².